The third kappa shape index (κ3) is 7.83. The average molecular weight is 323 g/mol. The summed E-state index contributed by atoms with van der Waals surface area (Å²) in [6.45, 7) is 6.91. The van der Waals surface area contributed by atoms with Crippen LogP contribution in [0.25, 0.3) is 0 Å². The average Bonchev–Trinajstić information content (AvgIpc) is 2.42. The molecule has 1 rings (SSSR count). The summed E-state index contributed by atoms with van der Waals surface area (Å²) in [5.74, 6) is -1.04. The van der Waals surface area contributed by atoms with Gasteiger partial charge in [0.15, 0.2) is 0 Å². The first-order valence-corrected chi connectivity index (χ1v) is 11.2. The highest BCUT2D eigenvalue weighted by Gasteiger charge is 2.21. The van der Waals surface area contributed by atoms with Gasteiger partial charge in [0.1, 0.15) is 6.04 Å². The van der Waals surface area contributed by atoms with E-state index in [1.54, 1.807) is 0 Å². The van der Waals surface area contributed by atoms with Gasteiger partial charge in [0.25, 0.3) is 0 Å². The van der Waals surface area contributed by atoms with E-state index in [1.165, 1.54) is 0 Å². The Kier molecular flexibility index (Phi) is 7.11. The lowest BCUT2D eigenvalue weighted by Gasteiger charge is -2.17. The van der Waals surface area contributed by atoms with Crippen LogP contribution in [0.2, 0.25) is 25.7 Å². The van der Waals surface area contributed by atoms with E-state index in [0.717, 1.165) is 11.6 Å². The molecule has 1 amide bonds. The van der Waals surface area contributed by atoms with E-state index in [9.17, 15) is 14.7 Å². The number of benzene rings is 1. The molecule has 22 heavy (non-hydrogen) atoms. The Hall–Kier alpha value is -1.82. The highest BCUT2D eigenvalue weighted by molar-refractivity contribution is 6.76. The molecule has 2 N–H and O–H groups in total. The van der Waals surface area contributed by atoms with Crippen molar-refractivity contribution in [3.63, 3.8) is 0 Å². The van der Waals surface area contributed by atoms with E-state index < -0.39 is 26.2 Å². The number of amides is 1. The van der Waals surface area contributed by atoms with Crippen molar-refractivity contribution in [2.45, 2.75) is 44.6 Å². The van der Waals surface area contributed by atoms with Crippen molar-refractivity contribution < 1.29 is 19.4 Å². The highest BCUT2D eigenvalue weighted by Crippen LogP contribution is 2.08. The van der Waals surface area contributed by atoms with Gasteiger partial charge in [0.05, 0.1) is 6.61 Å². The Bertz CT molecular complexity index is 485. The summed E-state index contributed by atoms with van der Waals surface area (Å²) in [6, 6.07) is 9.52. The molecule has 0 bridgehead atoms. The molecule has 0 saturated carbocycles. The van der Waals surface area contributed by atoms with Crippen LogP contribution in [0.15, 0.2) is 30.3 Å². The maximum atomic E-state index is 11.7. The molecule has 0 aliphatic carbocycles. The summed E-state index contributed by atoms with van der Waals surface area (Å²) in [4.78, 5) is 22.9. The number of rotatable bonds is 8. The number of hydrogen-bond donors (Lipinski definition) is 2. The fourth-order valence-electron chi connectivity index (χ4n) is 1.85. The lowest BCUT2D eigenvalue weighted by molar-refractivity contribution is -0.139. The lowest BCUT2D eigenvalue weighted by atomic mass is 10.1. The van der Waals surface area contributed by atoms with Crippen LogP contribution in [0.3, 0.4) is 0 Å². The number of hydrogen-bond acceptors (Lipinski definition) is 3. The normalized spacial score (nSPS) is 12.5. The molecule has 0 heterocycles. The van der Waals surface area contributed by atoms with Crippen LogP contribution < -0.4 is 5.32 Å². The maximum absolute atomic E-state index is 11.7. The number of carboxylic acid groups (broad SMARTS) is 1. The van der Waals surface area contributed by atoms with Crippen LogP contribution in [0.4, 0.5) is 4.79 Å². The maximum Gasteiger partial charge on any atom is 0.407 e. The largest absolute Gasteiger partial charge is 0.480 e. The molecule has 6 heteroatoms. The summed E-state index contributed by atoms with van der Waals surface area (Å²) in [5, 5.41) is 11.6. The van der Waals surface area contributed by atoms with Crippen LogP contribution in [0.1, 0.15) is 12.0 Å². The van der Waals surface area contributed by atoms with Crippen molar-refractivity contribution in [2.24, 2.45) is 0 Å². The lowest BCUT2D eigenvalue weighted by Crippen LogP contribution is -2.41. The molecule has 0 spiro atoms. The first-order chi connectivity index (χ1) is 10.3. The van der Waals surface area contributed by atoms with Gasteiger partial charge in [-0.3, -0.25) is 0 Å². The zero-order valence-corrected chi connectivity index (χ0v) is 14.5. The molecule has 1 aromatic rings. The van der Waals surface area contributed by atoms with Crippen molar-refractivity contribution in [3.05, 3.63) is 35.9 Å². The van der Waals surface area contributed by atoms with Gasteiger partial charge in [-0.25, -0.2) is 9.59 Å². The Labute approximate surface area is 132 Å². The van der Waals surface area contributed by atoms with Crippen molar-refractivity contribution in [1.82, 2.24) is 5.32 Å². The minimum Gasteiger partial charge on any atom is -0.480 e. The predicted molar refractivity (Wildman–Crippen MR) is 88.8 cm³/mol. The first-order valence-electron chi connectivity index (χ1n) is 7.48. The number of aryl methyl sites for hydroxylation is 1. The van der Waals surface area contributed by atoms with E-state index >= 15 is 0 Å². The molecule has 1 atom stereocenters. The number of carbonyl (C=O) groups excluding carboxylic acids is 1. The third-order valence-electron chi connectivity index (χ3n) is 3.24. The molecule has 5 nitrogen and oxygen atoms in total. The van der Waals surface area contributed by atoms with E-state index in [1.807, 2.05) is 30.3 Å². The second-order valence-electron chi connectivity index (χ2n) is 6.51. The highest BCUT2D eigenvalue weighted by atomic mass is 28.3. The van der Waals surface area contributed by atoms with Gasteiger partial charge in [-0.05, 0) is 24.4 Å². The fraction of sp³-hybridized carbons (Fsp3) is 0.500. The number of nitrogens with one attached hydrogen (secondary N) is 1. The Balaban J connectivity index is 2.40. The molecule has 0 fully saturated rings. The second-order valence-corrected chi connectivity index (χ2v) is 12.1. The van der Waals surface area contributed by atoms with Gasteiger partial charge >= 0.3 is 12.1 Å². The predicted octanol–water partition coefficient (Wildman–Crippen LogP) is 3.14. The monoisotopic (exact) mass is 323 g/mol. The summed E-state index contributed by atoms with van der Waals surface area (Å²) in [6.07, 6.45) is 0.272. The fourth-order valence-corrected chi connectivity index (χ4v) is 2.56. The van der Waals surface area contributed by atoms with Crippen LogP contribution in [0.5, 0.6) is 0 Å². The summed E-state index contributed by atoms with van der Waals surface area (Å²) >= 11 is 0. The molecule has 0 radical (unpaired) electrons. The van der Waals surface area contributed by atoms with Gasteiger partial charge in [-0.1, -0.05) is 50.0 Å². The minimum atomic E-state index is -1.27. The van der Waals surface area contributed by atoms with Gasteiger partial charge in [-0.15, -0.1) is 0 Å². The van der Waals surface area contributed by atoms with Crippen molar-refractivity contribution in [3.8, 4) is 0 Å². The number of aliphatic carboxylic acids is 1. The quantitative estimate of drug-likeness (QED) is 0.721. The third-order valence-corrected chi connectivity index (χ3v) is 4.94. The van der Waals surface area contributed by atoms with E-state index in [0.29, 0.717) is 19.4 Å². The second kappa shape index (κ2) is 8.58. The zero-order valence-electron chi connectivity index (χ0n) is 13.5. The Morgan fingerprint density at radius 1 is 1.23 bits per heavy atom. The van der Waals surface area contributed by atoms with Crippen LogP contribution >= 0.6 is 0 Å². The first kappa shape index (κ1) is 18.2. The van der Waals surface area contributed by atoms with E-state index in [2.05, 4.69) is 25.0 Å². The SMILES string of the molecule is C[Si](C)(C)CCOC(=O)N[C@H](CCc1ccccc1)C(=O)O. The van der Waals surface area contributed by atoms with Gasteiger partial charge < -0.3 is 15.2 Å². The van der Waals surface area contributed by atoms with Gasteiger partial charge in [0.2, 0.25) is 0 Å². The number of carboxylic acids is 1. The van der Waals surface area contributed by atoms with Gasteiger partial charge in [-0.2, -0.15) is 0 Å². The summed E-state index contributed by atoms with van der Waals surface area (Å²) in [5.41, 5.74) is 1.04. The van der Waals surface area contributed by atoms with Gasteiger partial charge in [0, 0.05) is 8.07 Å². The minimum absolute atomic E-state index is 0.336. The van der Waals surface area contributed by atoms with Crippen molar-refractivity contribution in [1.29, 1.82) is 0 Å². The Morgan fingerprint density at radius 3 is 2.41 bits per heavy atom. The summed E-state index contributed by atoms with van der Waals surface area (Å²) < 4.78 is 5.07. The van der Waals surface area contributed by atoms with Crippen LogP contribution in [0, 0.1) is 0 Å². The zero-order chi connectivity index (χ0) is 16.6. The molecule has 0 unspecified atom stereocenters. The molecule has 1 aromatic carbocycles. The molecule has 0 aliphatic heterocycles. The molecule has 122 valence electrons. The molecule has 0 aromatic heterocycles. The van der Waals surface area contributed by atoms with E-state index in [-0.39, 0.29) is 0 Å². The smallest absolute Gasteiger partial charge is 0.407 e. The summed E-state index contributed by atoms with van der Waals surface area (Å²) in [7, 11) is -1.27. The molecular weight excluding hydrogens is 298 g/mol. The number of ether oxygens (including phenoxy) is 1. The van der Waals surface area contributed by atoms with Crippen molar-refractivity contribution in [2.75, 3.05) is 6.61 Å². The Morgan fingerprint density at radius 2 is 1.86 bits per heavy atom. The standard InChI is InChI=1S/C16H25NO4Si/c1-22(2,3)12-11-21-16(20)17-14(15(18)19)10-9-13-7-5-4-6-8-13/h4-8,14H,9-12H2,1-3H3,(H,17,20)(H,18,19)/t14-/m1/s1. The number of alkyl carbamates (subject to hydrolysis) is 1. The van der Waals surface area contributed by atoms with Crippen molar-refractivity contribution >= 4 is 20.1 Å². The van der Waals surface area contributed by atoms with E-state index in [4.69, 9.17) is 4.74 Å². The molecule has 0 aliphatic rings. The molecule has 0 saturated heterocycles. The number of carbonyl (C=O) groups is 2. The topological polar surface area (TPSA) is 75.6 Å². The van der Waals surface area contributed by atoms with Crippen LogP contribution in [-0.2, 0) is 16.0 Å². The van der Waals surface area contributed by atoms with Crippen LogP contribution in [-0.4, -0.2) is 37.9 Å². The molecular formula is C16H25NO4Si.